The number of Topliss-reactive ketones (excluding diaryl/α,β-unsaturated/α-hetero) is 1. The minimum absolute atomic E-state index is 0.225. The summed E-state index contributed by atoms with van der Waals surface area (Å²) < 4.78 is 4.61. The van der Waals surface area contributed by atoms with Crippen molar-refractivity contribution in [3.63, 3.8) is 0 Å². The standard InChI is InChI=1S/C9H12O4/c1-3-4-6(10)7-8(11)5(2)13-9(7)12/h5,11H,3-4H2,1-2H3/p-1. The van der Waals surface area contributed by atoms with Crippen LogP contribution in [0.2, 0.25) is 0 Å². The predicted octanol–water partition coefficient (Wildman–Crippen LogP) is -0.0847. The highest BCUT2D eigenvalue weighted by Crippen LogP contribution is 2.20. The van der Waals surface area contributed by atoms with Crippen molar-refractivity contribution in [2.24, 2.45) is 0 Å². The van der Waals surface area contributed by atoms with Crippen molar-refractivity contribution in [1.82, 2.24) is 0 Å². The van der Waals surface area contributed by atoms with Crippen LogP contribution in [0.1, 0.15) is 26.7 Å². The first-order chi connectivity index (χ1) is 6.07. The Balaban J connectivity index is 2.89. The van der Waals surface area contributed by atoms with Crippen molar-refractivity contribution in [3.8, 4) is 0 Å². The Bertz CT molecular complexity index is 277. The summed E-state index contributed by atoms with van der Waals surface area (Å²) in [6.07, 6.45) is 0.0588. The molecule has 0 bridgehead atoms. The van der Waals surface area contributed by atoms with E-state index in [0.29, 0.717) is 6.42 Å². The summed E-state index contributed by atoms with van der Waals surface area (Å²) in [5.74, 6) is -1.65. The second-order valence-electron chi connectivity index (χ2n) is 2.96. The van der Waals surface area contributed by atoms with E-state index >= 15 is 0 Å². The fourth-order valence-corrected chi connectivity index (χ4v) is 1.18. The molecular formula is C9H11O4-. The lowest BCUT2D eigenvalue weighted by molar-refractivity contribution is -0.315. The maximum Gasteiger partial charge on any atom is 0.341 e. The topological polar surface area (TPSA) is 66.4 Å². The molecular weight excluding hydrogens is 172 g/mol. The number of ether oxygens (including phenoxy) is 1. The molecule has 0 fully saturated rings. The van der Waals surface area contributed by atoms with Crippen LogP contribution in [-0.4, -0.2) is 17.9 Å². The minimum atomic E-state index is -0.789. The van der Waals surface area contributed by atoms with Crippen molar-refractivity contribution in [3.05, 3.63) is 11.3 Å². The lowest BCUT2D eigenvalue weighted by Gasteiger charge is -2.11. The fourth-order valence-electron chi connectivity index (χ4n) is 1.18. The Labute approximate surface area is 76.2 Å². The third-order valence-corrected chi connectivity index (χ3v) is 1.86. The molecule has 0 saturated carbocycles. The van der Waals surface area contributed by atoms with Crippen LogP contribution < -0.4 is 5.11 Å². The van der Waals surface area contributed by atoms with E-state index in [9.17, 15) is 14.7 Å². The fraction of sp³-hybridized carbons (Fsp3) is 0.556. The molecule has 0 amide bonds. The van der Waals surface area contributed by atoms with Gasteiger partial charge in [0.15, 0.2) is 5.78 Å². The molecule has 0 radical (unpaired) electrons. The number of hydrogen-bond acceptors (Lipinski definition) is 4. The molecule has 1 aliphatic rings. The van der Waals surface area contributed by atoms with Gasteiger partial charge >= 0.3 is 5.97 Å². The van der Waals surface area contributed by atoms with Gasteiger partial charge in [0, 0.05) is 6.42 Å². The number of carbonyl (C=O) groups is 2. The van der Waals surface area contributed by atoms with Gasteiger partial charge < -0.3 is 9.84 Å². The molecule has 0 aliphatic carbocycles. The molecule has 1 aliphatic heterocycles. The zero-order chi connectivity index (χ0) is 10.0. The lowest BCUT2D eigenvalue weighted by Crippen LogP contribution is -2.17. The Morgan fingerprint density at radius 2 is 2.23 bits per heavy atom. The molecule has 0 saturated heterocycles. The lowest BCUT2D eigenvalue weighted by atomic mass is 10.1. The van der Waals surface area contributed by atoms with Gasteiger partial charge in [-0.1, -0.05) is 12.7 Å². The van der Waals surface area contributed by atoms with E-state index < -0.39 is 23.6 Å². The molecule has 0 N–H and O–H groups in total. The highest BCUT2D eigenvalue weighted by molar-refractivity contribution is 6.18. The first-order valence-electron chi connectivity index (χ1n) is 4.23. The second kappa shape index (κ2) is 3.60. The van der Waals surface area contributed by atoms with Gasteiger partial charge in [-0.15, -0.1) is 0 Å². The van der Waals surface area contributed by atoms with E-state index in [4.69, 9.17) is 0 Å². The highest BCUT2D eigenvalue weighted by Gasteiger charge is 2.29. The van der Waals surface area contributed by atoms with Gasteiger partial charge in [0.05, 0.1) is 5.57 Å². The van der Waals surface area contributed by atoms with Crippen molar-refractivity contribution >= 4 is 11.8 Å². The average molecular weight is 183 g/mol. The van der Waals surface area contributed by atoms with Gasteiger partial charge in [0.1, 0.15) is 6.10 Å². The van der Waals surface area contributed by atoms with Gasteiger partial charge in [-0.25, -0.2) is 4.79 Å². The van der Waals surface area contributed by atoms with E-state index in [-0.39, 0.29) is 12.0 Å². The molecule has 0 aromatic rings. The summed E-state index contributed by atoms with van der Waals surface area (Å²) >= 11 is 0. The Hall–Kier alpha value is -1.32. The second-order valence-corrected chi connectivity index (χ2v) is 2.96. The summed E-state index contributed by atoms with van der Waals surface area (Å²) in [4.78, 5) is 22.3. The van der Waals surface area contributed by atoms with E-state index in [1.807, 2.05) is 6.92 Å². The van der Waals surface area contributed by atoms with Gasteiger partial charge in [0.2, 0.25) is 0 Å². The molecule has 1 atom stereocenters. The molecule has 4 heteroatoms. The summed E-state index contributed by atoms with van der Waals surface area (Å²) in [5, 5.41) is 11.2. The van der Waals surface area contributed by atoms with Gasteiger partial charge in [0.25, 0.3) is 0 Å². The van der Waals surface area contributed by atoms with Crippen molar-refractivity contribution in [2.75, 3.05) is 0 Å². The van der Waals surface area contributed by atoms with E-state index in [1.165, 1.54) is 6.92 Å². The van der Waals surface area contributed by atoms with Crippen LogP contribution in [0.25, 0.3) is 0 Å². The first-order valence-corrected chi connectivity index (χ1v) is 4.23. The molecule has 0 aromatic heterocycles. The Morgan fingerprint density at radius 1 is 1.62 bits per heavy atom. The van der Waals surface area contributed by atoms with Crippen LogP contribution in [0.3, 0.4) is 0 Å². The van der Waals surface area contributed by atoms with Crippen LogP contribution in [0, 0.1) is 0 Å². The number of rotatable bonds is 3. The number of cyclic esters (lactones) is 1. The van der Waals surface area contributed by atoms with Gasteiger partial charge in [-0.05, 0) is 13.3 Å². The molecule has 13 heavy (non-hydrogen) atoms. The van der Waals surface area contributed by atoms with Crippen molar-refractivity contribution in [1.29, 1.82) is 0 Å². The molecule has 1 unspecified atom stereocenters. The summed E-state index contributed by atoms with van der Waals surface area (Å²) in [5.41, 5.74) is -0.283. The normalized spacial score (nSPS) is 22.0. The largest absolute Gasteiger partial charge is 0.872 e. The first kappa shape index (κ1) is 9.77. The molecule has 0 spiro atoms. The summed E-state index contributed by atoms with van der Waals surface area (Å²) in [6, 6.07) is 0. The summed E-state index contributed by atoms with van der Waals surface area (Å²) in [7, 11) is 0. The number of ketones is 1. The highest BCUT2D eigenvalue weighted by atomic mass is 16.6. The van der Waals surface area contributed by atoms with E-state index in [2.05, 4.69) is 4.74 Å². The molecule has 4 nitrogen and oxygen atoms in total. The van der Waals surface area contributed by atoms with E-state index in [1.54, 1.807) is 0 Å². The zero-order valence-electron chi connectivity index (χ0n) is 7.62. The molecule has 0 aromatic carbocycles. The average Bonchev–Trinajstić information content (AvgIpc) is 2.27. The number of hydrogen-bond donors (Lipinski definition) is 0. The molecule has 1 rings (SSSR count). The molecule has 1 heterocycles. The predicted molar refractivity (Wildman–Crippen MR) is 42.5 cm³/mol. The van der Waals surface area contributed by atoms with Crippen LogP contribution in [0.15, 0.2) is 11.3 Å². The van der Waals surface area contributed by atoms with Crippen LogP contribution in [0.4, 0.5) is 0 Å². The third kappa shape index (κ3) is 1.71. The SMILES string of the molecule is CCCC(=O)C1=C([O-])C(C)OC1=O. The maximum atomic E-state index is 11.3. The zero-order valence-corrected chi connectivity index (χ0v) is 7.62. The third-order valence-electron chi connectivity index (χ3n) is 1.86. The minimum Gasteiger partial charge on any atom is -0.872 e. The number of carbonyl (C=O) groups excluding carboxylic acids is 2. The maximum absolute atomic E-state index is 11.3. The smallest absolute Gasteiger partial charge is 0.341 e. The van der Waals surface area contributed by atoms with Crippen LogP contribution in [-0.2, 0) is 14.3 Å². The van der Waals surface area contributed by atoms with E-state index in [0.717, 1.165) is 0 Å². The van der Waals surface area contributed by atoms with Crippen LogP contribution >= 0.6 is 0 Å². The van der Waals surface area contributed by atoms with Crippen molar-refractivity contribution < 1.29 is 19.4 Å². The molecule has 72 valence electrons. The monoisotopic (exact) mass is 183 g/mol. The Kier molecular flexibility index (Phi) is 2.70. The number of esters is 1. The van der Waals surface area contributed by atoms with Crippen molar-refractivity contribution in [2.45, 2.75) is 32.8 Å². The summed E-state index contributed by atoms with van der Waals surface area (Å²) in [6.45, 7) is 3.28. The Morgan fingerprint density at radius 3 is 2.62 bits per heavy atom. The van der Waals surface area contributed by atoms with Gasteiger partial charge in [-0.3, -0.25) is 4.79 Å². The van der Waals surface area contributed by atoms with Crippen LogP contribution in [0.5, 0.6) is 0 Å². The van der Waals surface area contributed by atoms with Gasteiger partial charge in [-0.2, -0.15) is 0 Å². The quantitative estimate of drug-likeness (QED) is 0.453.